The van der Waals surface area contributed by atoms with Crippen molar-refractivity contribution in [2.45, 2.75) is 127 Å². The third-order valence-electron chi connectivity index (χ3n) is 8.84. The molecular formula is C29H13F35N2O2. The van der Waals surface area contributed by atoms with Crippen LogP contribution in [0.25, 0.3) is 0 Å². The Labute approximate surface area is 348 Å². The van der Waals surface area contributed by atoms with E-state index < -0.39 is 131 Å². The van der Waals surface area contributed by atoms with Crippen molar-refractivity contribution < 1.29 is 163 Å². The molecule has 39 heteroatoms. The van der Waals surface area contributed by atoms with Crippen LogP contribution in [0.2, 0.25) is 0 Å². The van der Waals surface area contributed by atoms with E-state index in [0.29, 0.717) is 6.07 Å². The molecule has 0 bridgehead atoms. The molecule has 4 nitrogen and oxygen atoms in total. The molecule has 0 fully saturated rings. The van der Waals surface area contributed by atoms with Gasteiger partial charge in [0.1, 0.15) is 0 Å². The van der Waals surface area contributed by atoms with Crippen molar-refractivity contribution in [2.75, 3.05) is 0 Å². The molecule has 1 rings (SSSR count). The van der Waals surface area contributed by atoms with Gasteiger partial charge in [0, 0.05) is 12.5 Å². The number of rotatable bonds is 20. The zero-order valence-electron chi connectivity index (χ0n) is 31.0. The molecule has 0 aliphatic carbocycles. The number of benzene rings is 1. The van der Waals surface area contributed by atoms with Crippen LogP contribution in [0.3, 0.4) is 0 Å². The minimum Gasteiger partial charge on any atom is -0.349 e. The topological polar surface area (TPSA) is 58.5 Å². The van der Waals surface area contributed by atoms with Gasteiger partial charge in [-0.25, -0.2) is 4.79 Å². The molecule has 0 aliphatic rings. The lowest BCUT2D eigenvalue weighted by molar-refractivity contribution is -0.492. The van der Waals surface area contributed by atoms with Gasteiger partial charge in [-0.15, -0.1) is 0 Å². The standard InChI is InChI=1S/C29H13F35N2O2/c1-8-3-4-10(11(5-8)65-7-67)12(68)66-9(2)6-13(30,31)14(32,33)15(34,35)16(36,37)17(38,39)18(40,41)19(42,43)20(44,45)21(46,47)22(48,49)23(50,51)24(52,53)25(54,55)26(56,57)27(58,59)28(60,61)29(62,63)64/h3-5,9H,6H2,1-2H3,(H,66,68). The Hall–Kier alpha value is -4.38. The summed E-state index contributed by atoms with van der Waals surface area (Å²) in [6, 6.07) is -0.573. The number of carbonyl (C=O) groups excluding carboxylic acids is 2. The van der Waals surface area contributed by atoms with Crippen molar-refractivity contribution in [1.29, 1.82) is 0 Å². The van der Waals surface area contributed by atoms with Crippen LogP contribution >= 0.6 is 0 Å². The van der Waals surface area contributed by atoms with Gasteiger partial charge in [-0.05, 0) is 31.5 Å². The van der Waals surface area contributed by atoms with Gasteiger partial charge in [0.15, 0.2) is 0 Å². The summed E-state index contributed by atoms with van der Waals surface area (Å²) in [5.41, 5.74) is -1.60. The molecule has 396 valence electrons. The number of aliphatic imine (C=N–C) groups is 1. The first kappa shape index (κ1) is 61.6. The lowest BCUT2D eigenvalue weighted by atomic mass is 9.82. The van der Waals surface area contributed by atoms with Gasteiger partial charge >= 0.3 is 101 Å². The summed E-state index contributed by atoms with van der Waals surface area (Å²) in [6.07, 6.45) is -11.0. The maximum Gasteiger partial charge on any atom is 0.460 e. The Morgan fingerprint density at radius 3 is 0.956 bits per heavy atom. The van der Waals surface area contributed by atoms with Gasteiger partial charge in [-0.3, -0.25) is 4.79 Å². The molecule has 0 saturated carbocycles. The molecule has 0 aromatic heterocycles. The molecule has 0 heterocycles. The van der Waals surface area contributed by atoms with Crippen LogP contribution < -0.4 is 5.32 Å². The Morgan fingerprint density at radius 1 is 0.456 bits per heavy atom. The van der Waals surface area contributed by atoms with Crippen LogP contribution in [-0.4, -0.2) is 119 Å². The monoisotopic (exact) mass is 1090 g/mol. The number of nitrogens with one attached hydrogen (secondary N) is 1. The van der Waals surface area contributed by atoms with Crippen LogP contribution in [0.15, 0.2) is 23.2 Å². The first-order valence-corrected chi connectivity index (χ1v) is 15.8. The number of aryl methyl sites for hydroxylation is 1. The van der Waals surface area contributed by atoms with E-state index in [1.807, 2.05) is 0 Å². The number of amides is 1. The van der Waals surface area contributed by atoms with E-state index in [-0.39, 0.29) is 12.5 Å². The highest BCUT2D eigenvalue weighted by Gasteiger charge is 3.02. The highest BCUT2D eigenvalue weighted by Crippen LogP contribution is 2.70. The van der Waals surface area contributed by atoms with Gasteiger partial charge in [0.05, 0.1) is 11.3 Å². The first-order valence-electron chi connectivity index (χ1n) is 15.8. The van der Waals surface area contributed by atoms with Crippen LogP contribution in [-0.2, 0) is 4.79 Å². The van der Waals surface area contributed by atoms with Gasteiger partial charge in [-0.1, -0.05) is 6.07 Å². The maximum absolute atomic E-state index is 14.5. The van der Waals surface area contributed by atoms with Crippen molar-refractivity contribution in [3.8, 4) is 0 Å². The van der Waals surface area contributed by atoms with E-state index in [9.17, 15) is 163 Å². The van der Waals surface area contributed by atoms with Crippen LogP contribution in [0, 0.1) is 6.92 Å². The second-order valence-electron chi connectivity index (χ2n) is 13.6. The summed E-state index contributed by atoms with van der Waals surface area (Å²) in [6.45, 7) is 1.20. The summed E-state index contributed by atoms with van der Waals surface area (Å²) in [7, 11) is 0. The Morgan fingerprint density at radius 2 is 0.706 bits per heavy atom. The Kier molecular flexibility index (Phi) is 15.1. The molecule has 0 aliphatic heterocycles. The highest BCUT2D eigenvalue weighted by molar-refractivity contribution is 5.99. The number of isocyanates is 1. The summed E-state index contributed by atoms with van der Waals surface area (Å²) >= 11 is 0. The molecule has 1 aromatic rings. The summed E-state index contributed by atoms with van der Waals surface area (Å²) in [4.78, 5) is 25.8. The molecule has 1 N–H and O–H groups in total. The third-order valence-corrected chi connectivity index (χ3v) is 8.84. The van der Waals surface area contributed by atoms with Crippen molar-refractivity contribution in [2.24, 2.45) is 4.99 Å². The Bertz CT molecular complexity index is 2080. The molecular weight excluding hydrogens is 1070 g/mol. The number of nitrogens with zero attached hydrogens (tertiary/aromatic N) is 1. The van der Waals surface area contributed by atoms with E-state index in [1.54, 1.807) is 0 Å². The predicted octanol–water partition coefficient (Wildman–Crippen LogP) is 13.2. The number of halogens is 35. The zero-order valence-corrected chi connectivity index (χ0v) is 31.0. The van der Waals surface area contributed by atoms with Gasteiger partial charge in [-0.2, -0.15) is 159 Å². The zero-order chi connectivity index (χ0) is 55.3. The number of alkyl halides is 35. The fourth-order valence-electron chi connectivity index (χ4n) is 4.81. The van der Waals surface area contributed by atoms with Crippen molar-refractivity contribution in [3.05, 3.63) is 29.3 Å². The fourth-order valence-corrected chi connectivity index (χ4v) is 4.81. The van der Waals surface area contributed by atoms with Crippen LogP contribution in [0.1, 0.15) is 29.3 Å². The smallest absolute Gasteiger partial charge is 0.349 e. The van der Waals surface area contributed by atoms with E-state index in [1.165, 1.54) is 6.92 Å². The van der Waals surface area contributed by atoms with Crippen LogP contribution in [0.4, 0.5) is 159 Å². The second kappa shape index (κ2) is 16.6. The quantitative estimate of drug-likeness (QED) is 0.0804. The average molecular weight is 1090 g/mol. The van der Waals surface area contributed by atoms with Crippen LogP contribution in [0.5, 0.6) is 0 Å². The summed E-state index contributed by atoms with van der Waals surface area (Å²) in [5.74, 6) is -157. The average Bonchev–Trinajstić information content (AvgIpc) is 3.12. The molecule has 1 amide bonds. The van der Waals surface area contributed by atoms with E-state index in [2.05, 4.69) is 4.99 Å². The SMILES string of the molecule is Cc1ccc(C(=O)NC(C)CC(F)(F)C(F)(F)C(F)(F)C(F)(F)C(F)(F)C(F)(F)C(F)(F)C(F)(F)C(F)(F)C(F)(F)C(F)(F)C(F)(F)C(F)(F)C(F)(F)C(F)(F)C(F)(F)C(F)(F)F)c(N=C=O)c1. The molecule has 0 spiro atoms. The Balaban J connectivity index is 3.93. The summed E-state index contributed by atoms with van der Waals surface area (Å²) < 4.78 is 485. The van der Waals surface area contributed by atoms with Gasteiger partial charge in [0.2, 0.25) is 6.08 Å². The number of hydrogen-bond acceptors (Lipinski definition) is 3. The largest absolute Gasteiger partial charge is 0.460 e. The molecule has 0 radical (unpaired) electrons. The minimum absolute atomic E-state index is 0.00980. The molecule has 1 atom stereocenters. The van der Waals surface area contributed by atoms with E-state index in [0.717, 1.165) is 23.5 Å². The van der Waals surface area contributed by atoms with E-state index in [4.69, 9.17) is 0 Å². The second-order valence-corrected chi connectivity index (χ2v) is 13.6. The fraction of sp³-hybridized carbons (Fsp3) is 0.724. The highest BCUT2D eigenvalue weighted by atomic mass is 19.4. The molecule has 1 unspecified atom stereocenters. The van der Waals surface area contributed by atoms with Crippen molar-refractivity contribution in [1.82, 2.24) is 5.32 Å². The lowest BCUT2D eigenvalue weighted by Crippen LogP contribution is -2.80. The minimum atomic E-state index is -10.4. The van der Waals surface area contributed by atoms with Crippen molar-refractivity contribution >= 4 is 17.7 Å². The number of hydrogen-bond donors (Lipinski definition) is 1. The normalized spacial score (nSPS) is 16.4. The summed E-state index contributed by atoms with van der Waals surface area (Å²) in [5, 5.41) is 1.16. The predicted molar refractivity (Wildman–Crippen MR) is 146 cm³/mol. The maximum atomic E-state index is 14.5. The molecule has 68 heavy (non-hydrogen) atoms. The van der Waals surface area contributed by atoms with Gasteiger partial charge < -0.3 is 5.32 Å². The molecule has 1 aromatic carbocycles. The first-order chi connectivity index (χ1) is 29.2. The lowest BCUT2D eigenvalue weighted by Gasteiger charge is -2.47. The van der Waals surface area contributed by atoms with Gasteiger partial charge in [0.25, 0.3) is 5.91 Å². The van der Waals surface area contributed by atoms with E-state index >= 15 is 0 Å². The molecule has 0 saturated heterocycles. The van der Waals surface area contributed by atoms with Crippen molar-refractivity contribution in [3.63, 3.8) is 0 Å². The number of carbonyl (C=O) groups is 1. The third kappa shape index (κ3) is 7.96.